The maximum Gasteiger partial charge on any atom is 0.261 e. The molecule has 102 valence electrons. The molecule has 8 heteroatoms. The first-order valence-electron chi connectivity index (χ1n) is 5.76. The van der Waals surface area contributed by atoms with Crippen LogP contribution >= 0.6 is 0 Å². The first-order chi connectivity index (χ1) is 8.75. The summed E-state index contributed by atoms with van der Waals surface area (Å²) in [6.07, 6.45) is -2.34. The van der Waals surface area contributed by atoms with Crippen molar-refractivity contribution in [1.82, 2.24) is 15.5 Å². The second-order valence-corrected chi connectivity index (χ2v) is 3.83. The van der Waals surface area contributed by atoms with Crippen molar-refractivity contribution < 1.29 is 22.8 Å². The minimum absolute atomic E-state index is 0.135. The number of hydrogen-bond acceptors (Lipinski definition) is 6. The van der Waals surface area contributed by atoms with Crippen LogP contribution in [0.3, 0.4) is 0 Å². The molecule has 0 aliphatic carbocycles. The van der Waals surface area contributed by atoms with Crippen LogP contribution in [-0.2, 0) is 15.9 Å². The predicted molar refractivity (Wildman–Crippen MR) is 56.4 cm³/mol. The van der Waals surface area contributed by atoms with E-state index in [0.717, 1.165) is 6.54 Å². The van der Waals surface area contributed by atoms with Crippen molar-refractivity contribution in [3.63, 3.8) is 0 Å². The largest absolute Gasteiger partial charge is 0.375 e. The van der Waals surface area contributed by atoms with Gasteiger partial charge >= 0.3 is 0 Å². The Kier molecular flexibility index (Phi) is 4.97. The molecule has 1 aliphatic heterocycles. The van der Waals surface area contributed by atoms with Gasteiger partial charge in [-0.1, -0.05) is 5.16 Å². The fourth-order valence-corrected chi connectivity index (χ4v) is 1.56. The van der Waals surface area contributed by atoms with Crippen LogP contribution in [0.1, 0.15) is 17.8 Å². The number of nitrogens with one attached hydrogen (secondary N) is 1. The smallest absolute Gasteiger partial charge is 0.261 e. The molecule has 0 spiro atoms. The minimum atomic E-state index is -2.45. The van der Waals surface area contributed by atoms with Gasteiger partial charge in [-0.05, 0) is 0 Å². The molecule has 1 fully saturated rings. The highest BCUT2D eigenvalue weighted by molar-refractivity contribution is 4.93. The molecule has 0 amide bonds. The van der Waals surface area contributed by atoms with Crippen LogP contribution in [0.15, 0.2) is 4.52 Å². The standard InChI is InChI=1S/C10H15F2N3O3/c11-8(12)6-16-3-1-9-14-10(15-18-9)7-5-13-2-4-17-7/h7-8,13H,1-6H2. The number of alkyl halides is 2. The van der Waals surface area contributed by atoms with E-state index in [2.05, 4.69) is 15.5 Å². The van der Waals surface area contributed by atoms with E-state index in [4.69, 9.17) is 14.0 Å². The van der Waals surface area contributed by atoms with E-state index in [1.807, 2.05) is 0 Å². The second-order valence-electron chi connectivity index (χ2n) is 3.83. The van der Waals surface area contributed by atoms with Crippen molar-refractivity contribution in [1.29, 1.82) is 0 Å². The summed E-state index contributed by atoms with van der Waals surface area (Å²) in [4.78, 5) is 4.14. The number of hydrogen-bond donors (Lipinski definition) is 1. The highest BCUT2D eigenvalue weighted by Crippen LogP contribution is 2.15. The summed E-state index contributed by atoms with van der Waals surface area (Å²) >= 11 is 0. The van der Waals surface area contributed by atoms with Crippen molar-refractivity contribution in [2.75, 3.05) is 32.9 Å². The third kappa shape index (κ3) is 3.97. The summed E-state index contributed by atoms with van der Waals surface area (Å²) < 4.78 is 38.8. The number of rotatable bonds is 6. The average molecular weight is 263 g/mol. The molecule has 1 aromatic rings. The highest BCUT2D eigenvalue weighted by Gasteiger charge is 2.21. The van der Waals surface area contributed by atoms with Gasteiger partial charge in [0.05, 0.1) is 19.6 Å². The van der Waals surface area contributed by atoms with Crippen molar-refractivity contribution in [2.24, 2.45) is 0 Å². The van der Waals surface area contributed by atoms with Crippen LogP contribution in [0, 0.1) is 0 Å². The molecule has 2 rings (SSSR count). The van der Waals surface area contributed by atoms with Gasteiger partial charge in [0.1, 0.15) is 12.7 Å². The first-order valence-corrected chi connectivity index (χ1v) is 5.76. The van der Waals surface area contributed by atoms with Crippen LogP contribution in [-0.4, -0.2) is 49.5 Å². The third-order valence-corrected chi connectivity index (χ3v) is 2.40. The minimum Gasteiger partial charge on any atom is -0.375 e. The van der Waals surface area contributed by atoms with Crippen LogP contribution in [0.4, 0.5) is 8.78 Å². The van der Waals surface area contributed by atoms with Crippen LogP contribution in [0.5, 0.6) is 0 Å². The van der Waals surface area contributed by atoms with Crippen molar-refractivity contribution in [2.45, 2.75) is 19.0 Å². The molecule has 1 aliphatic rings. The molecular weight excluding hydrogens is 248 g/mol. The predicted octanol–water partition coefficient (Wildman–Crippen LogP) is 0.555. The fourth-order valence-electron chi connectivity index (χ4n) is 1.56. The fraction of sp³-hybridized carbons (Fsp3) is 0.800. The van der Waals surface area contributed by atoms with E-state index in [1.54, 1.807) is 0 Å². The lowest BCUT2D eigenvalue weighted by molar-refractivity contribution is 0.0170. The van der Waals surface area contributed by atoms with Gasteiger partial charge in [0.25, 0.3) is 6.43 Å². The first kappa shape index (κ1) is 13.3. The molecule has 18 heavy (non-hydrogen) atoms. The molecule has 0 bridgehead atoms. The normalized spacial score (nSPS) is 20.5. The Bertz CT molecular complexity index is 356. The highest BCUT2D eigenvalue weighted by atomic mass is 19.3. The Balaban J connectivity index is 1.75. The zero-order chi connectivity index (χ0) is 12.8. The number of ether oxygens (including phenoxy) is 2. The van der Waals surface area contributed by atoms with Gasteiger partial charge in [-0.3, -0.25) is 0 Å². The van der Waals surface area contributed by atoms with E-state index in [-0.39, 0.29) is 12.7 Å². The third-order valence-electron chi connectivity index (χ3n) is 2.40. The summed E-state index contributed by atoms with van der Waals surface area (Å²) in [7, 11) is 0. The van der Waals surface area contributed by atoms with Gasteiger partial charge in [0.15, 0.2) is 0 Å². The van der Waals surface area contributed by atoms with Gasteiger partial charge in [0.2, 0.25) is 11.7 Å². The Morgan fingerprint density at radius 2 is 2.39 bits per heavy atom. The molecule has 0 saturated carbocycles. The van der Waals surface area contributed by atoms with E-state index < -0.39 is 13.0 Å². The Hall–Kier alpha value is -1.12. The van der Waals surface area contributed by atoms with Crippen LogP contribution in [0.2, 0.25) is 0 Å². The van der Waals surface area contributed by atoms with Gasteiger partial charge in [-0.2, -0.15) is 4.98 Å². The molecule has 0 radical (unpaired) electrons. The lowest BCUT2D eigenvalue weighted by atomic mass is 10.3. The van der Waals surface area contributed by atoms with E-state index in [9.17, 15) is 8.78 Å². The van der Waals surface area contributed by atoms with Gasteiger partial charge in [0, 0.05) is 13.1 Å². The summed E-state index contributed by atoms with van der Waals surface area (Å²) in [5.41, 5.74) is 0. The monoisotopic (exact) mass is 263 g/mol. The molecular formula is C10H15F2N3O3. The molecule has 1 aromatic heterocycles. The summed E-state index contributed by atoms with van der Waals surface area (Å²) in [5, 5.41) is 6.95. The maximum atomic E-state index is 11.8. The van der Waals surface area contributed by atoms with E-state index in [0.29, 0.717) is 31.3 Å². The van der Waals surface area contributed by atoms with Gasteiger partial charge in [-0.15, -0.1) is 0 Å². The quantitative estimate of drug-likeness (QED) is 0.756. The zero-order valence-corrected chi connectivity index (χ0v) is 9.77. The van der Waals surface area contributed by atoms with Crippen molar-refractivity contribution in [3.05, 3.63) is 11.7 Å². The van der Waals surface area contributed by atoms with Crippen molar-refractivity contribution >= 4 is 0 Å². The van der Waals surface area contributed by atoms with Crippen LogP contribution in [0.25, 0.3) is 0 Å². The Labute approximate surface area is 103 Å². The topological polar surface area (TPSA) is 69.4 Å². The summed E-state index contributed by atoms with van der Waals surface area (Å²) in [5.74, 6) is 0.847. The lowest BCUT2D eigenvalue weighted by Gasteiger charge is -2.20. The molecule has 1 N–H and O–H groups in total. The zero-order valence-electron chi connectivity index (χ0n) is 9.77. The molecule has 6 nitrogen and oxygen atoms in total. The lowest BCUT2D eigenvalue weighted by Crippen LogP contribution is -2.33. The van der Waals surface area contributed by atoms with Crippen LogP contribution < -0.4 is 5.32 Å². The molecule has 1 unspecified atom stereocenters. The Morgan fingerprint density at radius 1 is 1.50 bits per heavy atom. The molecule has 1 saturated heterocycles. The number of aromatic nitrogens is 2. The molecule has 2 heterocycles. The second kappa shape index (κ2) is 6.72. The number of halogens is 2. The summed E-state index contributed by atoms with van der Waals surface area (Å²) in [6.45, 7) is 1.61. The molecule has 1 atom stereocenters. The van der Waals surface area contributed by atoms with Gasteiger partial charge < -0.3 is 19.3 Å². The van der Waals surface area contributed by atoms with Gasteiger partial charge in [-0.25, -0.2) is 8.78 Å². The van der Waals surface area contributed by atoms with E-state index >= 15 is 0 Å². The summed E-state index contributed by atoms with van der Waals surface area (Å²) in [6, 6.07) is 0. The molecule has 0 aromatic carbocycles. The van der Waals surface area contributed by atoms with E-state index in [1.165, 1.54) is 0 Å². The Morgan fingerprint density at radius 3 is 3.11 bits per heavy atom. The average Bonchev–Trinajstić information content (AvgIpc) is 2.84. The number of nitrogens with zero attached hydrogens (tertiary/aromatic N) is 2. The number of morpholine rings is 1. The maximum absolute atomic E-state index is 11.8. The SMILES string of the molecule is FC(F)COCCc1nc(C2CNCCO2)no1. The van der Waals surface area contributed by atoms with Crippen molar-refractivity contribution in [3.8, 4) is 0 Å².